The number of benzene rings is 2. The summed E-state index contributed by atoms with van der Waals surface area (Å²) in [5, 5.41) is 6.10. The molecule has 0 fully saturated rings. The third-order valence-corrected chi connectivity index (χ3v) is 5.60. The minimum absolute atomic E-state index is 0.0792. The molecule has 0 aromatic heterocycles. The van der Waals surface area contributed by atoms with Crippen molar-refractivity contribution in [1.82, 2.24) is 5.32 Å². The van der Waals surface area contributed by atoms with Crippen LogP contribution in [0.15, 0.2) is 71.1 Å². The van der Waals surface area contributed by atoms with Crippen LogP contribution in [0, 0.1) is 12.7 Å². The number of nitrogens with one attached hydrogen (secondary N) is 2. The monoisotopic (exact) mass is 390 g/mol. The molecule has 1 atom stereocenters. The first kappa shape index (κ1) is 19.1. The van der Waals surface area contributed by atoms with E-state index in [1.807, 2.05) is 38.1 Å². The van der Waals surface area contributed by atoms with Crippen LogP contribution in [-0.4, -0.2) is 11.7 Å². The number of carbonyl (C=O) groups is 2. The van der Waals surface area contributed by atoms with Crippen LogP contribution in [0.5, 0.6) is 0 Å². The Morgan fingerprint density at radius 3 is 2.66 bits per heavy atom. The second-order valence-electron chi connectivity index (χ2n) is 7.59. The molecule has 2 aliphatic rings. The maximum atomic E-state index is 13.6. The zero-order valence-electron chi connectivity index (χ0n) is 16.5. The van der Waals surface area contributed by atoms with E-state index in [2.05, 4.69) is 10.6 Å². The number of hydrogen-bond acceptors (Lipinski definition) is 3. The van der Waals surface area contributed by atoms with Crippen molar-refractivity contribution in [3.05, 3.63) is 88.0 Å². The standard InChI is InChI=1S/C24H23FN2O2/c1-14-7-3-4-10-18(14)22-21(24(29)27-17-9-5-8-16(25)13-17)15(2)26-19-11-6-12-20(28)23(19)22/h3-5,7-10,13,22,26H,6,11-12H2,1-2H3,(H,27,29)/t22-/m0/s1. The Balaban J connectivity index is 1.81. The van der Waals surface area contributed by atoms with E-state index in [0.717, 1.165) is 35.4 Å². The lowest BCUT2D eigenvalue weighted by Gasteiger charge is -2.35. The van der Waals surface area contributed by atoms with Crippen LogP contribution in [0.2, 0.25) is 0 Å². The van der Waals surface area contributed by atoms with Gasteiger partial charge in [0.2, 0.25) is 0 Å². The topological polar surface area (TPSA) is 58.2 Å². The first-order valence-corrected chi connectivity index (χ1v) is 9.82. The van der Waals surface area contributed by atoms with Crippen LogP contribution in [0.4, 0.5) is 10.1 Å². The van der Waals surface area contributed by atoms with Gasteiger partial charge in [-0.2, -0.15) is 0 Å². The van der Waals surface area contributed by atoms with Crippen LogP contribution in [-0.2, 0) is 9.59 Å². The van der Waals surface area contributed by atoms with Crippen molar-refractivity contribution >= 4 is 17.4 Å². The molecule has 1 aliphatic heterocycles. The first-order chi connectivity index (χ1) is 14.0. The molecule has 0 unspecified atom stereocenters. The molecule has 2 N–H and O–H groups in total. The summed E-state index contributed by atoms with van der Waals surface area (Å²) >= 11 is 0. The van der Waals surface area contributed by atoms with Crippen molar-refractivity contribution < 1.29 is 14.0 Å². The molecule has 2 aromatic carbocycles. The maximum Gasteiger partial charge on any atom is 0.254 e. The SMILES string of the molecule is CC1=C(C(=O)Nc2cccc(F)c2)[C@H](c2ccccc2C)C2=C(CCCC2=O)N1. The molecule has 4 rings (SSSR count). The zero-order valence-corrected chi connectivity index (χ0v) is 16.5. The lowest BCUT2D eigenvalue weighted by Crippen LogP contribution is -2.35. The van der Waals surface area contributed by atoms with Gasteiger partial charge in [-0.05, 0) is 56.0 Å². The van der Waals surface area contributed by atoms with Crippen molar-refractivity contribution in [1.29, 1.82) is 0 Å². The molecule has 29 heavy (non-hydrogen) atoms. The van der Waals surface area contributed by atoms with Gasteiger partial charge in [-0.3, -0.25) is 9.59 Å². The molecule has 1 heterocycles. The number of halogens is 1. The predicted octanol–water partition coefficient (Wildman–Crippen LogP) is 4.74. The molecule has 5 heteroatoms. The summed E-state index contributed by atoms with van der Waals surface area (Å²) in [7, 11) is 0. The number of rotatable bonds is 3. The quantitative estimate of drug-likeness (QED) is 0.796. The number of dihydropyridines is 1. The molecule has 0 saturated heterocycles. The Bertz CT molecular complexity index is 1070. The fourth-order valence-corrected chi connectivity index (χ4v) is 4.27. The Labute approximate surface area is 169 Å². The first-order valence-electron chi connectivity index (χ1n) is 9.82. The summed E-state index contributed by atoms with van der Waals surface area (Å²) in [6.45, 7) is 3.84. The third kappa shape index (κ3) is 3.60. The predicted molar refractivity (Wildman–Crippen MR) is 111 cm³/mol. The number of allylic oxidation sites excluding steroid dienone is 3. The highest BCUT2D eigenvalue weighted by Gasteiger charge is 2.38. The molecule has 148 valence electrons. The highest BCUT2D eigenvalue weighted by molar-refractivity contribution is 6.09. The van der Waals surface area contributed by atoms with Crippen LogP contribution < -0.4 is 10.6 Å². The Morgan fingerprint density at radius 1 is 1.10 bits per heavy atom. The summed E-state index contributed by atoms with van der Waals surface area (Å²) in [4.78, 5) is 26.2. The van der Waals surface area contributed by atoms with E-state index in [-0.39, 0.29) is 11.7 Å². The van der Waals surface area contributed by atoms with Gasteiger partial charge in [-0.1, -0.05) is 30.3 Å². The van der Waals surface area contributed by atoms with Crippen LogP contribution in [0.3, 0.4) is 0 Å². The van der Waals surface area contributed by atoms with Crippen molar-refractivity contribution in [2.24, 2.45) is 0 Å². The van der Waals surface area contributed by atoms with E-state index in [1.54, 1.807) is 12.1 Å². The number of Topliss-reactive ketones (excluding diaryl/α,β-unsaturated/α-hetero) is 1. The summed E-state index contributed by atoms with van der Waals surface area (Å²) in [5.41, 5.74) is 5.16. The minimum Gasteiger partial charge on any atom is -0.362 e. The fraction of sp³-hybridized carbons (Fsp3) is 0.250. The molecule has 0 radical (unpaired) electrons. The lowest BCUT2D eigenvalue weighted by atomic mass is 9.74. The van der Waals surface area contributed by atoms with Gasteiger partial charge in [0.05, 0.1) is 0 Å². The van der Waals surface area contributed by atoms with Crippen molar-refractivity contribution in [2.45, 2.75) is 39.0 Å². The maximum absolute atomic E-state index is 13.6. The number of carbonyl (C=O) groups excluding carboxylic acids is 2. The molecular formula is C24H23FN2O2. The summed E-state index contributed by atoms with van der Waals surface area (Å²) in [6.07, 6.45) is 2.09. The van der Waals surface area contributed by atoms with E-state index in [0.29, 0.717) is 23.3 Å². The Kier molecular flexibility index (Phi) is 5.05. The van der Waals surface area contributed by atoms with E-state index in [4.69, 9.17) is 0 Å². The average molecular weight is 390 g/mol. The van der Waals surface area contributed by atoms with Gasteiger partial charge in [0, 0.05) is 40.6 Å². The smallest absolute Gasteiger partial charge is 0.254 e. The van der Waals surface area contributed by atoms with Crippen LogP contribution in [0.25, 0.3) is 0 Å². The molecule has 1 aliphatic carbocycles. The highest BCUT2D eigenvalue weighted by atomic mass is 19.1. The zero-order chi connectivity index (χ0) is 20.5. The normalized spacial score (nSPS) is 19.0. The molecule has 0 bridgehead atoms. The molecule has 2 aromatic rings. The van der Waals surface area contributed by atoms with E-state index >= 15 is 0 Å². The lowest BCUT2D eigenvalue weighted by molar-refractivity contribution is -0.116. The van der Waals surface area contributed by atoms with Gasteiger partial charge in [0.15, 0.2) is 5.78 Å². The molecule has 1 amide bonds. The highest BCUT2D eigenvalue weighted by Crippen LogP contribution is 2.43. The second kappa shape index (κ2) is 7.66. The second-order valence-corrected chi connectivity index (χ2v) is 7.59. The molecule has 0 saturated carbocycles. The van der Waals surface area contributed by atoms with Gasteiger partial charge >= 0.3 is 0 Å². The number of amides is 1. The van der Waals surface area contributed by atoms with Gasteiger partial charge < -0.3 is 10.6 Å². The summed E-state index contributed by atoms with van der Waals surface area (Å²) in [5.74, 6) is -1.11. The van der Waals surface area contributed by atoms with Gasteiger partial charge in [0.1, 0.15) is 5.82 Å². The van der Waals surface area contributed by atoms with Gasteiger partial charge in [-0.15, -0.1) is 0 Å². The van der Waals surface area contributed by atoms with E-state index < -0.39 is 11.7 Å². The average Bonchev–Trinajstić information content (AvgIpc) is 2.67. The number of ketones is 1. The van der Waals surface area contributed by atoms with Crippen LogP contribution in [0.1, 0.15) is 43.2 Å². The molecule has 0 spiro atoms. The van der Waals surface area contributed by atoms with Crippen molar-refractivity contribution in [2.75, 3.05) is 5.32 Å². The Hall–Kier alpha value is -3.21. The van der Waals surface area contributed by atoms with E-state index in [1.165, 1.54) is 12.1 Å². The minimum atomic E-state index is -0.436. The molecular weight excluding hydrogens is 367 g/mol. The third-order valence-electron chi connectivity index (χ3n) is 5.60. The Morgan fingerprint density at radius 2 is 1.90 bits per heavy atom. The summed E-state index contributed by atoms with van der Waals surface area (Å²) < 4.78 is 13.6. The van der Waals surface area contributed by atoms with Crippen molar-refractivity contribution in [3.8, 4) is 0 Å². The van der Waals surface area contributed by atoms with Gasteiger partial charge in [-0.25, -0.2) is 4.39 Å². The van der Waals surface area contributed by atoms with Crippen LogP contribution >= 0.6 is 0 Å². The molecule has 4 nitrogen and oxygen atoms in total. The number of hydrogen-bond donors (Lipinski definition) is 2. The largest absolute Gasteiger partial charge is 0.362 e. The van der Waals surface area contributed by atoms with Gasteiger partial charge in [0.25, 0.3) is 5.91 Å². The fourth-order valence-electron chi connectivity index (χ4n) is 4.27. The van der Waals surface area contributed by atoms with Crippen molar-refractivity contribution in [3.63, 3.8) is 0 Å². The number of anilines is 1. The van der Waals surface area contributed by atoms with E-state index in [9.17, 15) is 14.0 Å². The summed E-state index contributed by atoms with van der Waals surface area (Å²) in [6, 6.07) is 13.6. The number of aryl methyl sites for hydroxylation is 1.